The highest BCUT2D eigenvalue weighted by Crippen LogP contribution is 2.44. The first kappa shape index (κ1) is 18.8. The lowest BCUT2D eigenvalue weighted by molar-refractivity contribution is -0.135. The van der Waals surface area contributed by atoms with E-state index in [4.69, 9.17) is 15.2 Å². The molecular formula is C23H20N2O4. The van der Waals surface area contributed by atoms with Gasteiger partial charge in [0.25, 0.3) is 0 Å². The van der Waals surface area contributed by atoms with Gasteiger partial charge in [0, 0.05) is 18.2 Å². The minimum absolute atomic E-state index is 0.0366. The first-order valence-corrected chi connectivity index (χ1v) is 9.33. The van der Waals surface area contributed by atoms with Crippen molar-refractivity contribution in [3.8, 4) is 16.9 Å². The molecule has 0 unspecified atom stereocenters. The number of hydrogen-bond acceptors (Lipinski definition) is 6. The number of esters is 2. The first-order valence-electron chi connectivity index (χ1n) is 9.33. The SMILES string of the molecule is C[C@H](N)C(=O)Oc1ccnc(C(=O)OCC2c3ccccc3-c3ccccc32)c1. The summed E-state index contributed by atoms with van der Waals surface area (Å²) >= 11 is 0. The van der Waals surface area contributed by atoms with Gasteiger partial charge in [0.05, 0.1) is 0 Å². The molecule has 29 heavy (non-hydrogen) atoms. The van der Waals surface area contributed by atoms with Crippen molar-refractivity contribution in [2.24, 2.45) is 5.73 Å². The Kier molecular flexibility index (Phi) is 5.10. The second kappa shape index (κ2) is 7.85. The number of nitrogens with zero attached hydrogens (tertiary/aromatic N) is 1. The minimum atomic E-state index is -0.763. The highest BCUT2D eigenvalue weighted by molar-refractivity contribution is 5.88. The number of carbonyl (C=O) groups excluding carboxylic acids is 2. The largest absolute Gasteiger partial charge is 0.460 e. The van der Waals surface area contributed by atoms with Crippen LogP contribution < -0.4 is 10.5 Å². The Morgan fingerprint density at radius 1 is 1.03 bits per heavy atom. The van der Waals surface area contributed by atoms with Crippen molar-refractivity contribution in [3.05, 3.63) is 83.7 Å². The zero-order valence-corrected chi connectivity index (χ0v) is 15.9. The molecule has 0 amide bonds. The first-order chi connectivity index (χ1) is 14.0. The van der Waals surface area contributed by atoms with E-state index >= 15 is 0 Å². The third-order valence-corrected chi connectivity index (χ3v) is 4.87. The van der Waals surface area contributed by atoms with Crippen LogP contribution in [-0.2, 0) is 9.53 Å². The normalized spacial score (nSPS) is 13.3. The van der Waals surface area contributed by atoms with Gasteiger partial charge in [-0.05, 0) is 35.2 Å². The average molecular weight is 388 g/mol. The molecule has 0 spiro atoms. The average Bonchev–Trinajstić information content (AvgIpc) is 3.06. The maximum absolute atomic E-state index is 12.5. The second-order valence-corrected chi connectivity index (χ2v) is 6.91. The van der Waals surface area contributed by atoms with Crippen molar-refractivity contribution in [2.75, 3.05) is 6.61 Å². The van der Waals surface area contributed by atoms with E-state index in [0.29, 0.717) is 0 Å². The van der Waals surface area contributed by atoms with Gasteiger partial charge in [-0.15, -0.1) is 0 Å². The Morgan fingerprint density at radius 2 is 1.66 bits per heavy atom. The van der Waals surface area contributed by atoms with E-state index in [1.165, 1.54) is 25.3 Å². The summed E-state index contributed by atoms with van der Waals surface area (Å²) in [7, 11) is 0. The number of fused-ring (bicyclic) bond motifs is 3. The molecule has 0 saturated heterocycles. The van der Waals surface area contributed by atoms with E-state index in [-0.39, 0.29) is 24.0 Å². The summed E-state index contributed by atoms with van der Waals surface area (Å²) in [6.07, 6.45) is 1.39. The van der Waals surface area contributed by atoms with Gasteiger partial charge >= 0.3 is 11.9 Å². The fourth-order valence-electron chi connectivity index (χ4n) is 3.47. The maximum atomic E-state index is 12.5. The zero-order valence-electron chi connectivity index (χ0n) is 15.9. The lowest BCUT2D eigenvalue weighted by atomic mass is 9.98. The molecule has 0 saturated carbocycles. The van der Waals surface area contributed by atoms with Crippen molar-refractivity contribution < 1.29 is 19.1 Å². The fourth-order valence-corrected chi connectivity index (χ4v) is 3.47. The van der Waals surface area contributed by atoms with Gasteiger partial charge in [-0.1, -0.05) is 48.5 Å². The summed E-state index contributed by atoms with van der Waals surface area (Å²) in [6.45, 7) is 1.72. The topological polar surface area (TPSA) is 91.5 Å². The fraction of sp³-hybridized carbons (Fsp3) is 0.174. The molecule has 4 rings (SSSR count). The molecule has 0 bridgehead atoms. The van der Waals surface area contributed by atoms with E-state index in [2.05, 4.69) is 29.2 Å². The smallest absolute Gasteiger partial charge is 0.357 e. The van der Waals surface area contributed by atoms with Crippen LogP contribution in [0.25, 0.3) is 11.1 Å². The number of nitrogens with two attached hydrogens (primary N) is 1. The lowest BCUT2D eigenvalue weighted by Gasteiger charge is -2.14. The predicted molar refractivity (Wildman–Crippen MR) is 108 cm³/mol. The van der Waals surface area contributed by atoms with Gasteiger partial charge in [-0.2, -0.15) is 0 Å². The summed E-state index contributed by atoms with van der Waals surface area (Å²) in [5.41, 5.74) is 10.1. The van der Waals surface area contributed by atoms with Crippen LogP contribution in [0.2, 0.25) is 0 Å². The molecular weight excluding hydrogens is 368 g/mol. The number of benzene rings is 2. The Morgan fingerprint density at radius 3 is 2.28 bits per heavy atom. The molecule has 1 heterocycles. The molecule has 0 fully saturated rings. The summed E-state index contributed by atoms with van der Waals surface area (Å²) in [6, 6.07) is 18.3. The van der Waals surface area contributed by atoms with Crippen molar-refractivity contribution >= 4 is 11.9 Å². The Hall–Kier alpha value is -3.51. The number of pyridine rings is 1. The summed E-state index contributed by atoms with van der Waals surface area (Å²) in [4.78, 5) is 28.2. The van der Waals surface area contributed by atoms with Crippen LogP contribution in [-0.4, -0.2) is 29.6 Å². The molecule has 1 atom stereocenters. The summed E-state index contributed by atoms with van der Waals surface area (Å²) in [5, 5.41) is 0. The van der Waals surface area contributed by atoms with Gasteiger partial charge in [0.15, 0.2) is 5.69 Å². The molecule has 1 aliphatic rings. The van der Waals surface area contributed by atoms with E-state index in [0.717, 1.165) is 22.3 Å². The van der Waals surface area contributed by atoms with Crippen molar-refractivity contribution in [3.63, 3.8) is 0 Å². The van der Waals surface area contributed by atoms with Crippen molar-refractivity contribution in [1.29, 1.82) is 0 Å². The molecule has 1 aliphatic carbocycles. The molecule has 6 heteroatoms. The highest BCUT2D eigenvalue weighted by atomic mass is 16.5. The van der Waals surface area contributed by atoms with Gasteiger partial charge in [0.2, 0.25) is 0 Å². The summed E-state index contributed by atoms with van der Waals surface area (Å²) in [5.74, 6) is -1.00. The molecule has 0 aliphatic heterocycles. The zero-order chi connectivity index (χ0) is 20.4. The molecule has 2 N–H and O–H groups in total. The van der Waals surface area contributed by atoms with E-state index < -0.39 is 18.0 Å². The number of rotatable bonds is 5. The van der Waals surface area contributed by atoms with E-state index in [1.54, 1.807) is 0 Å². The number of hydrogen-bond donors (Lipinski definition) is 1. The molecule has 3 aromatic rings. The van der Waals surface area contributed by atoms with Crippen LogP contribution >= 0.6 is 0 Å². The van der Waals surface area contributed by atoms with Crippen LogP contribution in [0, 0.1) is 0 Å². The minimum Gasteiger partial charge on any atom is -0.460 e. The predicted octanol–water partition coefficient (Wildman–Crippen LogP) is 3.30. The third kappa shape index (κ3) is 3.75. The number of aromatic nitrogens is 1. The molecule has 2 aromatic carbocycles. The molecule has 1 aromatic heterocycles. The standard InChI is InChI=1S/C23H20N2O4/c1-14(24)22(26)29-15-10-11-25-21(12-15)23(27)28-13-20-18-8-4-2-6-16(18)17-7-3-5-9-19(17)20/h2-12,14,20H,13,24H2,1H3/t14-/m0/s1. The van der Waals surface area contributed by atoms with Crippen LogP contribution in [0.1, 0.15) is 34.5 Å². The third-order valence-electron chi connectivity index (χ3n) is 4.87. The lowest BCUT2D eigenvalue weighted by Crippen LogP contribution is -2.30. The molecule has 6 nitrogen and oxygen atoms in total. The van der Waals surface area contributed by atoms with E-state index in [1.807, 2.05) is 24.3 Å². The van der Waals surface area contributed by atoms with Crippen molar-refractivity contribution in [2.45, 2.75) is 18.9 Å². The van der Waals surface area contributed by atoms with E-state index in [9.17, 15) is 9.59 Å². The quantitative estimate of drug-likeness (QED) is 0.675. The Balaban J connectivity index is 1.50. The van der Waals surface area contributed by atoms with Crippen LogP contribution in [0.4, 0.5) is 0 Å². The summed E-state index contributed by atoms with van der Waals surface area (Å²) < 4.78 is 10.7. The highest BCUT2D eigenvalue weighted by Gasteiger charge is 2.29. The molecule has 0 radical (unpaired) electrons. The van der Waals surface area contributed by atoms with Gasteiger partial charge < -0.3 is 15.2 Å². The van der Waals surface area contributed by atoms with Crippen LogP contribution in [0.3, 0.4) is 0 Å². The molecule has 146 valence electrons. The second-order valence-electron chi connectivity index (χ2n) is 6.91. The Bertz CT molecular complexity index is 1030. The van der Waals surface area contributed by atoms with Gasteiger partial charge in [0.1, 0.15) is 18.4 Å². The van der Waals surface area contributed by atoms with Crippen molar-refractivity contribution in [1.82, 2.24) is 4.98 Å². The maximum Gasteiger partial charge on any atom is 0.357 e. The number of ether oxygens (including phenoxy) is 2. The van der Waals surface area contributed by atoms with Gasteiger partial charge in [-0.25, -0.2) is 14.6 Å². The number of carbonyl (C=O) groups is 2. The van der Waals surface area contributed by atoms with Crippen LogP contribution in [0.5, 0.6) is 5.75 Å². The Labute approximate surface area is 168 Å². The van der Waals surface area contributed by atoms with Crippen LogP contribution in [0.15, 0.2) is 66.9 Å². The van der Waals surface area contributed by atoms with Gasteiger partial charge in [-0.3, -0.25) is 0 Å². The monoisotopic (exact) mass is 388 g/mol.